The smallest absolute Gasteiger partial charge is 0.260 e. The Hall–Kier alpha value is -1.91. The van der Waals surface area contributed by atoms with Crippen molar-refractivity contribution in [2.45, 2.75) is 26.3 Å². The summed E-state index contributed by atoms with van der Waals surface area (Å²) in [5.41, 5.74) is 3.91. The molecule has 0 saturated carbocycles. The summed E-state index contributed by atoms with van der Waals surface area (Å²) in [6.45, 7) is 9.06. The summed E-state index contributed by atoms with van der Waals surface area (Å²) >= 11 is 0. The lowest BCUT2D eigenvalue weighted by molar-refractivity contribution is 0.0607. The number of anilines is 1. The van der Waals surface area contributed by atoms with E-state index in [0.29, 0.717) is 0 Å². The average Bonchev–Trinajstić information content (AvgIpc) is 2.29. The van der Waals surface area contributed by atoms with Gasteiger partial charge >= 0.3 is 0 Å². The van der Waals surface area contributed by atoms with Crippen molar-refractivity contribution < 1.29 is 13.6 Å². The molecule has 3 nitrogen and oxygen atoms in total. The topological polar surface area (TPSA) is 46.3 Å². The number of hydrogen-bond donors (Lipinski definition) is 1. The minimum atomic E-state index is -1.02. The minimum Gasteiger partial charge on any atom is -0.396 e. The molecule has 0 atom stereocenters. The van der Waals surface area contributed by atoms with Crippen molar-refractivity contribution in [3.63, 3.8) is 0 Å². The van der Waals surface area contributed by atoms with Gasteiger partial charge in [0.1, 0.15) is 11.4 Å². The molecule has 0 fully saturated rings. The second-order valence-electron chi connectivity index (χ2n) is 5.20. The zero-order chi connectivity index (χ0) is 14.8. The van der Waals surface area contributed by atoms with Crippen molar-refractivity contribution in [2.75, 3.05) is 12.3 Å². The van der Waals surface area contributed by atoms with Crippen LogP contribution in [0.2, 0.25) is 0 Å². The Morgan fingerprint density at radius 3 is 2.47 bits per heavy atom. The highest BCUT2D eigenvalue weighted by atomic mass is 19.1. The molecule has 1 rings (SSSR count). The molecule has 2 N–H and O–H groups in total. The lowest BCUT2D eigenvalue weighted by atomic mass is 10.0. The van der Waals surface area contributed by atoms with Crippen molar-refractivity contribution in [3.05, 3.63) is 42.0 Å². The van der Waals surface area contributed by atoms with Gasteiger partial charge in [-0.1, -0.05) is 6.08 Å². The molecule has 0 aliphatic rings. The molecule has 1 aromatic rings. The maximum atomic E-state index is 13.9. The number of rotatable bonds is 3. The summed E-state index contributed by atoms with van der Waals surface area (Å²) in [6, 6.07) is 2.08. The van der Waals surface area contributed by atoms with Crippen molar-refractivity contribution >= 4 is 11.6 Å². The largest absolute Gasteiger partial charge is 0.396 e. The van der Waals surface area contributed by atoms with Gasteiger partial charge in [-0.15, -0.1) is 6.58 Å². The summed E-state index contributed by atoms with van der Waals surface area (Å²) < 4.78 is 27.6. The molecular formula is C14H18F2N2O. The number of carbonyl (C=O) groups excluding carboxylic acids is 1. The number of carbonyl (C=O) groups is 1. The van der Waals surface area contributed by atoms with Crippen LogP contribution in [0.25, 0.3) is 0 Å². The maximum absolute atomic E-state index is 13.9. The Bertz CT molecular complexity index is 507. The fourth-order valence-corrected chi connectivity index (χ4v) is 1.69. The molecule has 0 aliphatic carbocycles. The highest BCUT2D eigenvalue weighted by Gasteiger charge is 2.30. The predicted octanol–water partition coefficient (Wildman–Crippen LogP) is 2.97. The van der Waals surface area contributed by atoms with Gasteiger partial charge in [0.2, 0.25) is 0 Å². The van der Waals surface area contributed by atoms with Gasteiger partial charge in [-0.3, -0.25) is 4.79 Å². The maximum Gasteiger partial charge on any atom is 0.260 e. The number of nitrogens with two attached hydrogens (primary N) is 1. The number of amides is 1. The van der Waals surface area contributed by atoms with E-state index in [1.807, 2.05) is 0 Å². The normalized spacial score (nSPS) is 11.2. The van der Waals surface area contributed by atoms with Gasteiger partial charge in [-0.2, -0.15) is 0 Å². The molecule has 0 saturated heterocycles. The third-order valence-corrected chi connectivity index (χ3v) is 2.70. The Morgan fingerprint density at radius 1 is 1.42 bits per heavy atom. The lowest BCUT2D eigenvalue weighted by Crippen LogP contribution is -2.46. The first-order valence-electron chi connectivity index (χ1n) is 5.86. The molecule has 1 amide bonds. The molecule has 0 aromatic heterocycles. The van der Waals surface area contributed by atoms with Gasteiger partial charge in [-0.05, 0) is 32.9 Å². The summed E-state index contributed by atoms with van der Waals surface area (Å²) in [4.78, 5) is 13.7. The van der Waals surface area contributed by atoms with E-state index in [-0.39, 0.29) is 12.2 Å². The standard InChI is InChI=1S/C14H18F2N2O/c1-5-8-18(14(2,3)4)13(19)11-9(15)6-7-10(17)12(11)16/h5-7H,1,8,17H2,2-4H3. The second-order valence-corrected chi connectivity index (χ2v) is 5.20. The van der Waals surface area contributed by atoms with Gasteiger partial charge in [0.05, 0.1) is 5.69 Å². The number of hydrogen-bond acceptors (Lipinski definition) is 2. The van der Waals surface area contributed by atoms with Crippen LogP contribution in [0.3, 0.4) is 0 Å². The zero-order valence-corrected chi connectivity index (χ0v) is 11.3. The van der Waals surface area contributed by atoms with Gasteiger partial charge in [0.25, 0.3) is 5.91 Å². The SMILES string of the molecule is C=CCN(C(=O)c1c(F)ccc(N)c1F)C(C)(C)C. The van der Waals surface area contributed by atoms with E-state index in [1.54, 1.807) is 20.8 Å². The molecule has 0 aliphatic heterocycles. The summed E-state index contributed by atoms with van der Waals surface area (Å²) in [7, 11) is 0. The van der Waals surface area contributed by atoms with Crippen molar-refractivity contribution in [1.29, 1.82) is 0 Å². The van der Waals surface area contributed by atoms with E-state index in [9.17, 15) is 13.6 Å². The molecule has 0 radical (unpaired) electrons. The van der Waals surface area contributed by atoms with E-state index in [0.717, 1.165) is 12.1 Å². The van der Waals surface area contributed by atoms with Crippen LogP contribution in [0.1, 0.15) is 31.1 Å². The molecule has 5 heteroatoms. The van der Waals surface area contributed by atoms with Crippen molar-refractivity contribution in [2.24, 2.45) is 0 Å². The fraction of sp³-hybridized carbons (Fsp3) is 0.357. The third-order valence-electron chi connectivity index (χ3n) is 2.70. The van der Waals surface area contributed by atoms with Crippen LogP contribution in [-0.4, -0.2) is 22.9 Å². The molecule has 0 unspecified atom stereocenters. The minimum absolute atomic E-state index is 0.190. The van der Waals surface area contributed by atoms with Gasteiger partial charge < -0.3 is 10.6 Å². The van der Waals surface area contributed by atoms with Crippen LogP contribution in [0, 0.1) is 11.6 Å². The first-order valence-corrected chi connectivity index (χ1v) is 5.86. The van der Waals surface area contributed by atoms with Gasteiger partial charge in [0.15, 0.2) is 5.82 Å². The Morgan fingerprint density at radius 2 is 2.00 bits per heavy atom. The fourth-order valence-electron chi connectivity index (χ4n) is 1.69. The van der Waals surface area contributed by atoms with E-state index in [1.165, 1.54) is 11.0 Å². The van der Waals surface area contributed by atoms with Gasteiger partial charge in [-0.25, -0.2) is 8.78 Å². The Balaban J connectivity index is 3.32. The van der Waals surface area contributed by atoms with E-state index < -0.39 is 28.6 Å². The Kier molecular flexibility index (Phi) is 4.29. The zero-order valence-electron chi connectivity index (χ0n) is 11.3. The van der Waals surface area contributed by atoms with Crippen molar-refractivity contribution in [1.82, 2.24) is 4.90 Å². The van der Waals surface area contributed by atoms with Crippen LogP contribution in [0.4, 0.5) is 14.5 Å². The molecule has 0 bridgehead atoms. The van der Waals surface area contributed by atoms with Crippen LogP contribution in [-0.2, 0) is 0 Å². The number of nitrogens with zero attached hydrogens (tertiary/aromatic N) is 1. The highest BCUT2D eigenvalue weighted by molar-refractivity contribution is 5.96. The average molecular weight is 268 g/mol. The van der Waals surface area contributed by atoms with Crippen LogP contribution >= 0.6 is 0 Å². The third kappa shape index (κ3) is 3.10. The number of halogens is 2. The highest BCUT2D eigenvalue weighted by Crippen LogP contribution is 2.24. The first-order chi connectivity index (χ1) is 8.70. The van der Waals surface area contributed by atoms with Gasteiger partial charge in [0, 0.05) is 12.1 Å². The van der Waals surface area contributed by atoms with Crippen LogP contribution < -0.4 is 5.73 Å². The number of nitrogen functional groups attached to an aromatic ring is 1. The second kappa shape index (κ2) is 5.38. The molecule has 19 heavy (non-hydrogen) atoms. The monoisotopic (exact) mass is 268 g/mol. The first kappa shape index (κ1) is 15.1. The molecular weight excluding hydrogens is 250 g/mol. The predicted molar refractivity (Wildman–Crippen MR) is 71.8 cm³/mol. The summed E-state index contributed by atoms with van der Waals surface area (Å²) in [5.74, 6) is -2.69. The molecule has 0 heterocycles. The van der Waals surface area contributed by atoms with Crippen LogP contribution in [0.5, 0.6) is 0 Å². The molecule has 104 valence electrons. The summed E-state index contributed by atoms with van der Waals surface area (Å²) in [6.07, 6.45) is 1.51. The molecule has 1 aromatic carbocycles. The van der Waals surface area contributed by atoms with E-state index >= 15 is 0 Å². The van der Waals surface area contributed by atoms with Crippen LogP contribution in [0.15, 0.2) is 24.8 Å². The van der Waals surface area contributed by atoms with E-state index in [4.69, 9.17) is 5.73 Å². The number of benzene rings is 1. The van der Waals surface area contributed by atoms with E-state index in [2.05, 4.69) is 6.58 Å². The quantitative estimate of drug-likeness (QED) is 0.676. The summed E-state index contributed by atoms with van der Waals surface area (Å²) in [5, 5.41) is 0. The van der Waals surface area contributed by atoms with Crippen molar-refractivity contribution in [3.8, 4) is 0 Å². The lowest BCUT2D eigenvalue weighted by Gasteiger charge is -2.35. The molecule has 0 spiro atoms. The Labute approximate surface area is 111 Å².